The summed E-state index contributed by atoms with van der Waals surface area (Å²) < 4.78 is 12.1. The number of pyridine rings is 2. The number of methoxy groups -OCH3 is 1. The number of nitrogens with one attached hydrogen (secondary N) is 1. The minimum absolute atomic E-state index is 0.00754. The van der Waals surface area contributed by atoms with Gasteiger partial charge in [0.2, 0.25) is 11.8 Å². The van der Waals surface area contributed by atoms with Crippen LogP contribution in [0.15, 0.2) is 35.3 Å². The Balaban J connectivity index is 1.20. The Morgan fingerprint density at radius 3 is 2.88 bits per heavy atom. The smallest absolute Gasteiger partial charge is 0.263 e. The molecule has 5 rings (SSSR count). The summed E-state index contributed by atoms with van der Waals surface area (Å²) in [6.07, 6.45) is 4.44. The summed E-state index contributed by atoms with van der Waals surface area (Å²) in [5, 5.41) is 2.67. The molecule has 2 amide bonds. The average molecular weight is 464 g/mol. The first-order valence-corrected chi connectivity index (χ1v) is 11.2. The van der Waals surface area contributed by atoms with E-state index in [2.05, 4.69) is 20.3 Å². The Morgan fingerprint density at radius 1 is 1.15 bits per heavy atom. The number of carbonyl (C=O) groups is 2. The van der Waals surface area contributed by atoms with Crippen LogP contribution in [0.2, 0.25) is 0 Å². The Bertz CT molecular complexity index is 1320. The third-order valence-corrected chi connectivity index (χ3v) is 6.06. The molecule has 1 saturated heterocycles. The zero-order valence-electron chi connectivity index (χ0n) is 18.7. The van der Waals surface area contributed by atoms with Gasteiger partial charge in [-0.3, -0.25) is 23.9 Å². The number of hydrogen-bond acceptors (Lipinski definition) is 8. The SMILES string of the molecule is COc1cnc2ccc(=O)n(CCCC[C@@H]3CC(=O)N(c4ccc5c(n4)NC(=O)CO5)C3)c2n1. The van der Waals surface area contributed by atoms with Crippen molar-refractivity contribution in [2.75, 3.05) is 30.5 Å². The van der Waals surface area contributed by atoms with Crippen molar-refractivity contribution in [1.29, 1.82) is 0 Å². The van der Waals surface area contributed by atoms with E-state index in [4.69, 9.17) is 9.47 Å². The molecule has 0 spiro atoms. The molecule has 1 fully saturated rings. The fourth-order valence-corrected chi connectivity index (χ4v) is 4.35. The van der Waals surface area contributed by atoms with Crippen LogP contribution in [0, 0.1) is 5.92 Å². The quantitative estimate of drug-likeness (QED) is 0.524. The molecule has 176 valence electrons. The molecule has 34 heavy (non-hydrogen) atoms. The third kappa shape index (κ3) is 4.28. The van der Waals surface area contributed by atoms with Gasteiger partial charge in [-0.05, 0) is 37.0 Å². The lowest BCUT2D eigenvalue weighted by atomic mass is 10.0. The van der Waals surface area contributed by atoms with Gasteiger partial charge in [0.15, 0.2) is 23.8 Å². The highest BCUT2D eigenvalue weighted by Crippen LogP contribution is 2.32. The molecule has 0 aliphatic carbocycles. The lowest BCUT2D eigenvalue weighted by Crippen LogP contribution is -2.29. The van der Waals surface area contributed by atoms with E-state index < -0.39 is 0 Å². The molecule has 1 atom stereocenters. The van der Waals surface area contributed by atoms with Crippen LogP contribution in [-0.4, -0.2) is 51.6 Å². The summed E-state index contributed by atoms with van der Waals surface area (Å²) in [6, 6.07) is 6.61. The molecule has 2 aliphatic rings. The predicted molar refractivity (Wildman–Crippen MR) is 123 cm³/mol. The van der Waals surface area contributed by atoms with Crippen LogP contribution in [0.4, 0.5) is 11.6 Å². The van der Waals surface area contributed by atoms with Gasteiger partial charge in [-0.2, -0.15) is 4.98 Å². The van der Waals surface area contributed by atoms with Crippen LogP contribution >= 0.6 is 0 Å². The molecule has 11 nitrogen and oxygen atoms in total. The topological polar surface area (TPSA) is 129 Å². The Kier molecular flexibility index (Phi) is 5.83. The van der Waals surface area contributed by atoms with Gasteiger partial charge in [0, 0.05) is 25.6 Å². The van der Waals surface area contributed by atoms with Crippen LogP contribution in [0.3, 0.4) is 0 Å². The van der Waals surface area contributed by atoms with Gasteiger partial charge in [-0.1, -0.05) is 6.42 Å². The zero-order valence-corrected chi connectivity index (χ0v) is 18.7. The number of fused-ring (bicyclic) bond motifs is 2. The fourth-order valence-electron chi connectivity index (χ4n) is 4.35. The highest BCUT2D eigenvalue weighted by Gasteiger charge is 2.32. The molecule has 1 N–H and O–H groups in total. The summed E-state index contributed by atoms with van der Waals surface area (Å²) in [5.41, 5.74) is 1.01. The molecular weight excluding hydrogens is 440 g/mol. The first-order valence-electron chi connectivity index (χ1n) is 11.2. The monoisotopic (exact) mass is 464 g/mol. The number of amides is 2. The minimum atomic E-state index is -0.266. The van der Waals surface area contributed by atoms with E-state index in [1.165, 1.54) is 19.4 Å². The van der Waals surface area contributed by atoms with Gasteiger partial charge < -0.3 is 14.8 Å². The predicted octanol–water partition coefficient (Wildman–Crippen LogP) is 1.75. The number of hydrogen-bond donors (Lipinski definition) is 1. The van der Waals surface area contributed by atoms with Gasteiger partial charge in [0.05, 0.1) is 13.3 Å². The zero-order chi connectivity index (χ0) is 23.7. The maximum absolute atomic E-state index is 12.6. The van der Waals surface area contributed by atoms with E-state index in [9.17, 15) is 14.4 Å². The number of aryl methyl sites for hydroxylation is 1. The van der Waals surface area contributed by atoms with Crippen molar-refractivity contribution in [2.45, 2.75) is 32.2 Å². The summed E-state index contributed by atoms with van der Waals surface area (Å²) in [7, 11) is 1.51. The second-order valence-electron chi connectivity index (χ2n) is 8.37. The first kappa shape index (κ1) is 21.8. The number of nitrogens with zero attached hydrogens (tertiary/aromatic N) is 5. The van der Waals surface area contributed by atoms with Gasteiger partial charge in [0.1, 0.15) is 11.3 Å². The van der Waals surface area contributed by atoms with Crippen molar-refractivity contribution in [3.63, 3.8) is 0 Å². The van der Waals surface area contributed by atoms with Crippen molar-refractivity contribution < 1.29 is 19.1 Å². The van der Waals surface area contributed by atoms with E-state index >= 15 is 0 Å². The number of anilines is 2. The highest BCUT2D eigenvalue weighted by atomic mass is 16.5. The second-order valence-corrected chi connectivity index (χ2v) is 8.37. The first-order chi connectivity index (χ1) is 16.5. The summed E-state index contributed by atoms with van der Waals surface area (Å²) in [6.45, 7) is 1.04. The lowest BCUT2D eigenvalue weighted by Gasteiger charge is -2.21. The minimum Gasteiger partial charge on any atom is -0.480 e. The van der Waals surface area contributed by atoms with Gasteiger partial charge in [-0.25, -0.2) is 9.97 Å². The fraction of sp³-hybridized carbons (Fsp3) is 0.391. The van der Waals surface area contributed by atoms with Crippen molar-refractivity contribution in [1.82, 2.24) is 19.5 Å². The molecule has 3 aromatic rings. The number of rotatable bonds is 7. The van der Waals surface area contributed by atoms with E-state index in [1.54, 1.807) is 27.7 Å². The van der Waals surface area contributed by atoms with Crippen LogP contribution in [-0.2, 0) is 16.1 Å². The van der Waals surface area contributed by atoms with Gasteiger partial charge >= 0.3 is 0 Å². The van der Waals surface area contributed by atoms with Gasteiger partial charge in [0.25, 0.3) is 11.5 Å². The molecule has 0 radical (unpaired) electrons. The standard InChI is InChI=1S/C23H24N6O5/c1-33-19-11-24-15-5-8-20(31)28(23(15)27-19)9-3-2-4-14-10-21(32)29(12-14)17-7-6-16-22(25-17)26-18(30)13-34-16/h5-8,11,14H,2-4,9-10,12-13H2,1H3,(H,25,26,30)/t14-/m1/s1. The van der Waals surface area contributed by atoms with E-state index in [-0.39, 0.29) is 29.9 Å². The normalized spacial score (nSPS) is 17.4. The molecular formula is C23H24N6O5. The summed E-state index contributed by atoms with van der Waals surface area (Å²) >= 11 is 0. The molecule has 11 heteroatoms. The number of aromatic nitrogens is 4. The molecule has 3 aromatic heterocycles. The highest BCUT2D eigenvalue weighted by molar-refractivity contribution is 5.97. The molecule has 0 aromatic carbocycles. The number of carbonyl (C=O) groups excluding carboxylic acids is 2. The maximum Gasteiger partial charge on any atom is 0.263 e. The summed E-state index contributed by atoms with van der Waals surface area (Å²) in [4.78, 5) is 51.3. The van der Waals surface area contributed by atoms with Crippen LogP contribution in [0.25, 0.3) is 11.2 Å². The van der Waals surface area contributed by atoms with E-state index in [1.807, 2.05) is 0 Å². The average Bonchev–Trinajstić information content (AvgIpc) is 3.22. The van der Waals surface area contributed by atoms with Crippen LogP contribution in [0.5, 0.6) is 11.6 Å². The maximum atomic E-state index is 12.6. The third-order valence-electron chi connectivity index (χ3n) is 6.06. The molecule has 0 saturated carbocycles. The van der Waals surface area contributed by atoms with Gasteiger partial charge in [-0.15, -0.1) is 0 Å². The number of ether oxygens (including phenoxy) is 2. The van der Waals surface area contributed by atoms with Crippen molar-refractivity contribution in [3.05, 3.63) is 40.8 Å². The summed E-state index contributed by atoms with van der Waals surface area (Å²) in [5.74, 6) is 1.64. The largest absolute Gasteiger partial charge is 0.480 e. The molecule has 2 aliphatic heterocycles. The Hall–Kier alpha value is -4.02. The Morgan fingerprint density at radius 2 is 2.03 bits per heavy atom. The van der Waals surface area contributed by atoms with Crippen LogP contribution < -0.4 is 25.2 Å². The second kappa shape index (κ2) is 9.08. The van der Waals surface area contributed by atoms with Crippen LogP contribution in [0.1, 0.15) is 25.7 Å². The Labute approximate surface area is 194 Å². The van der Waals surface area contributed by atoms with Crippen molar-refractivity contribution in [2.24, 2.45) is 5.92 Å². The van der Waals surface area contributed by atoms with E-state index in [0.717, 1.165) is 19.3 Å². The molecule has 5 heterocycles. The lowest BCUT2D eigenvalue weighted by molar-refractivity contribution is -0.119. The molecule has 0 unspecified atom stereocenters. The number of unbranched alkanes of at least 4 members (excludes halogenated alkanes) is 1. The van der Waals surface area contributed by atoms with Crippen molar-refractivity contribution >= 4 is 34.6 Å². The molecule has 0 bridgehead atoms. The van der Waals surface area contributed by atoms with E-state index in [0.29, 0.717) is 53.9 Å². The van der Waals surface area contributed by atoms with Crippen molar-refractivity contribution in [3.8, 4) is 11.6 Å².